The molecule has 0 bridgehead atoms. The van der Waals surface area contributed by atoms with E-state index in [1.54, 1.807) is 13.8 Å². The van der Waals surface area contributed by atoms with Crippen LogP contribution in [0.15, 0.2) is 21.5 Å². The van der Waals surface area contributed by atoms with Crippen LogP contribution in [0.4, 0.5) is 10.1 Å². The highest BCUT2D eigenvalue weighted by Crippen LogP contribution is 2.30. The standard InChI is InChI=1S/C12H18BrFN2O3S/c1-8(2)16(4-3-5-17)20(18,19)12-7-11(15)10(14)6-9(12)13/h6-8,17H,3-5,15H2,1-2H3. The fraction of sp³-hybridized carbons (Fsp3) is 0.500. The first-order chi connectivity index (χ1) is 9.21. The summed E-state index contributed by atoms with van der Waals surface area (Å²) in [5, 5.41) is 8.87. The molecule has 114 valence electrons. The number of aliphatic hydroxyl groups is 1. The van der Waals surface area contributed by atoms with Crippen LogP contribution in [0.3, 0.4) is 0 Å². The quantitative estimate of drug-likeness (QED) is 0.751. The maximum atomic E-state index is 13.3. The van der Waals surface area contributed by atoms with Crippen molar-refractivity contribution in [2.45, 2.75) is 31.2 Å². The molecular formula is C12H18BrFN2O3S. The number of aliphatic hydroxyl groups excluding tert-OH is 1. The number of benzene rings is 1. The van der Waals surface area contributed by atoms with E-state index in [2.05, 4.69) is 15.9 Å². The van der Waals surface area contributed by atoms with Crippen molar-refractivity contribution >= 4 is 31.6 Å². The number of nitrogens with zero attached hydrogens (tertiary/aromatic N) is 1. The van der Waals surface area contributed by atoms with Gasteiger partial charge in [-0.1, -0.05) is 0 Å². The summed E-state index contributed by atoms with van der Waals surface area (Å²) in [4.78, 5) is -0.0805. The van der Waals surface area contributed by atoms with Crippen molar-refractivity contribution < 1.29 is 17.9 Å². The summed E-state index contributed by atoms with van der Waals surface area (Å²) in [5.41, 5.74) is 5.22. The number of nitrogen functional groups attached to an aromatic ring is 1. The molecular weight excluding hydrogens is 351 g/mol. The molecule has 0 atom stereocenters. The Kier molecular flexibility index (Phi) is 5.93. The van der Waals surface area contributed by atoms with E-state index >= 15 is 0 Å². The van der Waals surface area contributed by atoms with Crippen molar-refractivity contribution in [3.63, 3.8) is 0 Å². The molecule has 1 aromatic carbocycles. The summed E-state index contributed by atoms with van der Waals surface area (Å²) in [5.74, 6) is -0.678. The van der Waals surface area contributed by atoms with Gasteiger partial charge >= 0.3 is 0 Å². The van der Waals surface area contributed by atoms with Crippen molar-refractivity contribution in [3.8, 4) is 0 Å². The summed E-state index contributed by atoms with van der Waals surface area (Å²) < 4.78 is 39.9. The minimum atomic E-state index is -3.81. The summed E-state index contributed by atoms with van der Waals surface area (Å²) in [6, 6.07) is 1.85. The SMILES string of the molecule is CC(C)N(CCCO)S(=O)(=O)c1cc(N)c(F)cc1Br. The predicted molar refractivity (Wildman–Crippen MR) is 79.2 cm³/mol. The molecule has 0 fully saturated rings. The number of rotatable bonds is 6. The Morgan fingerprint density at radius 2 is 2.05 bits per heavy atom. The minimum absolute atomic E-state index is 0.0805. The van der Waals surface area contributed by atoms with Gasteiger partial charge in [0.05, 0.1) is 10.6 Å². The first kappa shape index (κ1) is 17.4. The second-order valence-corrected chi connectivity index (χ2v) is 7.30. The predicted octanol–water partition coefficient (Wildman–Crippen LogP) is 1.95. The topological polar surface area (TPSA) is 83.6 Å². The lowest BCUT2D eigenvalue weighted by Crippen LogP contribution is -2.38. The Bertz CT molecular complexity index is 578. The van der Waals surface area contributed by atoms with Gasteiger partial charge < -0.3 is 10.8 Å². The van der Waals surface area contributed by atoms with E-state index in [1.165, 1.54) is 4.31 Å². The average molecular weight is 369 g/mol. The zero-order valence-corrected chi connectivity index (χ0v) is 13.7. The van der Waals surface area contributed by atoms with Gasteiger partial charge in [-0.2, -0.15) is 4.31 Å². The average Bonchev–Trinajstić information content (AvgIpc) is 2.33. The molecule has 0 aromatic heterocycles. The second kappa shape index (κ2) is 6.84. The summed E-state index contributed by atoms with van der Waals surface area (Å²) in [6.45, 7) is 3.54. The number of anilines is 1. The molecule has 5 nitrogen and oxygen atoms in total. The van der Waals surface area contributed by atoms with Crippen molar-refractivity contribution in [2.75, 3.05) is 18.9 Å². The number of sulfonamides is 1. The van der Waals surface area contributed by atoms with Crippen LogP contribution >= 0.6 is 15.9 Å². The lowest BCUT2D eigenvalue weighted by atomic mass is 10.3. The smallest absolute Gasteiger partial charge is 0.244 e. The third-order valence-electron chi connectivity index (χ3n) is 2.75. The van der Waals surface area contributed by atoms with Crippen molar-refractivity contribution in [1.29, 1.82) is 0 Å². The number of hydrogen-bond acceptors (Lipinski definition) is 4. The highest BCUT2D eigenvalue weighted by molar-refractivity contribution is 9.10. The molecule has 0 aliphatic heterocycles. The van der Waals surface area contributed by atoms with Crippen LogP contribution in [0.2, 0.25) is 0 Å². The van der Waals surface area contributed by atoms with E-state index in [0.717, 1.165) is 12.1 Å². The molecule has 1 rings (SSSR count). The molecule has 0 aliphatic rings. The Morgan fingerprint density at radius 1 is 1.45 bits per heavy atom. The third kappa shape index (κ3) is 3.69. The van der Waals surface area contributed by atoms with Gasteiger partial charge in [-0.25, -0.2) is 12.8 Å². The molecule has 0 spiro atoms. The maximum Gasteiger partial charge on any atom is 0.244 e. The summed E-state index contributed by atoms with van der Waals surface area (Å²) >= 11 is 3.05. The van der Waals surface area contributed by atoms with Crippen molar-refractivity contribution in [1.82, 2.24) is 4.31 Å². The van der Waals surface area contributed by atoms with Crippen LogP contribution < -0.4 is 5.73 Å². The van der Waals surface area contributed by atoms with Crippen LogP contribution in [0.25, 0.3) is 0 Å². The Balaban J connectivity index is 3.29. The molecule has 0 aliphatic carbocycles. The molecule has 8 heteroatoms. The molecule has 0 saturated carbocycles. The van der Waals surface area contributed by atoms with Gasteiger partial charge in [0.25, 0.3) is 0 Å². The maximum absolute atomic E-state index is 13.3. The second-order valence-electron chi connectivity index (χ2n) is 4.59. The van der Waals surface area contributed by atoms with Crippen molar-refractivity contribution in [3.05, 3.63) is 22.4 Å². The molecule has 0 amide bonds. The number of hydrogen-bond donors (Lipinski definition) is 2. The van der Waals surface area contributed by atoms with Crippen LogP contribution in [-0.2, 0) is 10.0 Å². The monoisotopic (exact) mass is 368 g/mol. The van der Waals surface area contributed by atoms with Gasteiger partial charge in [-0.3, -0.25) is 0 Å². The fourth-order valence-electron chi connectivity index (χ4n) is 1.75. The highest BCUT2D eigenvalue weighted by Gasteiger charge is 2.29. The molecule has 1 aromatic rings. The lowest BCUT2D eigenvalue weighted by Gasteiger charge is -2.26. The van der Waals surface area contributed by atoms with E-state index < -0.39 is 15.8 Å². The third-order valence-corrected chi connectivity index (χ3v) is 5.78. The molecule has 20 heavy (non-hydrogen) atoms. The summed E-state index contributed by atoms with van der Waals surface area (Å²) in [6.07, 6.45) is 0.325. The van der Waals surface area contributed by atoms with Gasteiger partial charge in [-0.15, -0.1) is 0 Å². The van der Waals surface area contributed by atoms with E-state index in [9.17, 15) is 12.8 Å². The van der Waals surface area contributed by atoms with Crippen LogP contribution in [0.1, 0.15) is 20.3 Å². The molecule has 0 saturated heterocycles. The summed E-state index contributed by atoms with van der Waals surface area (Å²) in [7, 11) is -3.81. The van der Waals surface area contributed by atoms with E-state index in [1.807, 2.05) is 0 Å². The molecule has 3 N–H and O–H groups in total. The van der Waals surface area contributed by atoms with E-state index in [-0.39, 0.29) is 34.2 Å². The Morgan fingerprint density at radius 3 is 2.55 bits per heavy atom. The zero-order chi connectivity index (χ0) is 15.5. The first-order valence-electron chi connectivity index (χ1n) is 6.09. The first-order valence-corrected chi connectivity index (χ1v) is 8.32. The van der Waals surface area contributed by atoms with Gasteiger partial charge in [-0.05, 0) is 48.3 Å². The Hall–Kier alpha value is -0.700. The van der Waals surface area contributed by atoms with Gasteiger partial charge in [0, 0.05) is 23.7 Å². The molecule has 0 unspecified atom stereocenters. The van der Waals surface area contributed by atoms with E-state index in [4.69, 9.17) is 10.8 Å². The number of nitrogens with two attached hydrogens (primary N) is 1. The molecule has 0 radical (unpaired) electrons. The van der Waals surface area contributed by atoms with Crippen LogP contribution in [0.5, 0.6) is 0 Å². The highest BCUT2D eigenvalue weighted by atomic mass is 79.9. The normalized spacial score (nSPS) is 12.3. The van der Waals surface area contributed by atoms with Crippen molar-refractivity contribution in [2.24, 2.45) is 0 Å². The zero-order valence-electron chi connectivity index (χ0n) is 11.3. The lowest BCUT2D eigenvalue weighted by molar-refractivity contribution is 0.258. The van der Waals surface area contributed by atoms with E-state index in [0.29, 0.717) is 6.42 Å². The van der Waals surface area contributed by atoms with Gasteiger partial charge in [0.15, 0.2) is 0 Å². The van der Waals surface area contributed by atoms with Crippen LogP contribution in [0, 0.1) is 5.82 Å². The minimum Gasteiger partial charge on any atom is -0.396 e. The largest absolute Gasteiger partial charge is 0.396 e. The fourth-order valence-corrected chi connectivity index (χ4v) is 4.44. The molecule has 0 heterocycles. The number of halogens is 2. The Labute approximate surface area is 126 Å². The van der Waals surface area contributed by atoms with Crippen LogP contribution in [-0.4, -0.2) is 37.0 Å². The van der Waals surface area contributed by atoms with Gasteiger partial charge in [0.1, 0.15) is 5.82 Å². The van der Waals surface area contributed by atoms with Gasteiger partial charge in [0.2, 0.25) is 10.0 Å².